The molecule has 88 valence electrons. The van der Waals surface area contributed by atoms with Crippen LogP contribution in [0.5, 0.6) is 0 Å². The third kappa shape index (κ3) is 2.57. The SMILES string of the molecule is N[C@H](c1ccc(Cl)cc1)[C@@H](N)C1CCCC1. The highest BCUT2D eigenvalue weighted by atomic mass is 35.5. The molecular formula is C13H19ClN2. The average molecular weight is 239 g/mol. The molecule has 1 aliphatic rings. The maximum Gasteiger partial charge on any atom is 0.0451 e. The molecule has 0 aliphatic heterocycles. The van der Waals surface area contributed by atoms with E-state index in [1.54, 1.807) is 0 Å². The van der Waals surface area contributed by atoms with Gasteiger partial charge in [-0.2, -0.15) is 0 Å². The van der Waals surface area contributed by atoms with Crippen LogP contribution in [0.3, 0.4) is 0 Å². The van der Waals surface area contributed by atoms with E-state index >= 15 is 0 Å². The quantitative estimate of drug-likeness (QED) is 0.851. The van der Waals surface area contributed by atoms with Crippen molar-refractivity contribution in [2.75, 3.05) is 0 Å². The topological polar surface area (TPSA) is 52.0 Å². The molecule has 3 heteroatoms. The lowest BCUT2D eigenvalue weighted by atomic mass is 9.89. The zero-order valence-electron chi connectivity index (χ0n) is 9.40. The van der Waals surface area contributed by atoms with Gasteiger partial charge in [-0.15, -0.1) is 0 Å². The molecule has 1 saturated carbocycles. The van der Waals surface area contributed by atoms with Gasteiger partial charge in [0.25, 0.3) is 0 Å². The lowest BCUT2D eigenvalue weighted by Crippen LogP contribution is -2.39. The molecule has 4 N–H and O–H groups in total. The van der Waals surface area contributed by atoms with E-state index in [0.29, 0.717) is 5.92 Å². The first-order chi connectivity index (χ1) is 7.68. The molecule has 0 bridgehead atoms. The number of benzene rings is 1. The minimum absolute atomic E-state index is 0.0691. The first-order valence-electron chi connectivity index (χ1n) is 5.95. The van der Waals surface area contributed by atoms with E-state index < -0.39 is 0 Å². The Hall–Kier alpha value is -0.570. The summed E-state index contributed by atoms with van der Waals surface area (Å²) in [6.07, 6.45) is 5.04. The van der Waals surface area contributed by atoms with Crippen molar-refractivity contribution in [2.24, 2.45) is 17.4 Å². The van der Waals surface area contributed by atoms with Crippen LogP contribution in [0.15, 0.2) is 24.3 Å². The molecule has 2 atom stereocenters. The standard InChI is InChI=1S/C13H19ClN2/c14-11-7-5-10(6-8-11)13(16)12(15)9-3-1-2-4-9/h5-9,12-13H,1-4,15-16H2/t12-,13+/m0/s1. The van der Waals surface area contributed by atoms with Crippen molar-refractivity contribution in [3.05, 3.63) is 34.9 Å². The Labute approximate surface area is 102 Å². The summed E-state index contributed by atoms with van der Waals surface area (Å²) in [5.41, 5.74) is 13.5. The summed E-state index contributed by atoms with van der Waals surface area (Å²) >= 11 is 5.85. The van der Waals surface area contributed by atoms with Crippen molar-refractivity contribution in [1.82, 2.24) is 0 Å². The van der Waals surface area contributed by atoms with E-state index in [9.17, 15) is 0 Å². The Morgan fingerprint density at radius 2 is 1.62 bits per heavy atom. The van der Waals surface area contributed by atoms with E-state index in [2.05, 4.69) is 0 Å². The summed E-state index contributed by atoms with van der Waals surface area (Å²) in [4.78, 5) is 0. The normalized spacial score (nSPS) is 20.9. The fourth-order valence-corrected chi connectivity index (χ4v) is 2.67. The van der Waals surface area contributed by atoms with Crippen LogP contribution in [0.25, 0.3) is 0 Å². The zero-order valence-corrected chi connectivity index (χ0v) is 10.2. The summed E-state index contributed by atoms with van der Waals surface area (Å²) in [7, 11) is 0. The predicted octanol–water partition coefficient (Wildman–Crippen LogP) is 2.86. The van der Waals surface area contributed by atoms with Gasteiger partial charge in [0.2, 0.25) is 0 Å². The van der Waals surface area contributed by atoms with E-state index in [0.717, 1.165) is 10.6 Å². The van der Waals surface area contributed by atoms with Gasteiger partial charge in [0.05, 0.1) is 0 Å². The second kappa shape index (κ2) is 5.17. The maximum atomic E-state index is 6.23. The number of hydrogen-bond acceptors (Lipinski definition) is 2. The van der Waals surface area contributed by atoms with Gasteiger partial charge in [-0.05, 0) is 36.5 Å². The van der Waals surface area contributed by atoms with Gasteiger partial charge in [0.15, 0.2) is 0 Å². The third-order valence-electron chi connectivity index (χ3n) is 3.61. The summed E-state index contributed by atoms with van der Waals surface area (Å²) in [6.45, 7) is 0. The van der Waals surface area contributed by atoms with E-state index in [1.807, 2.05) is 24.3 Å². The molecule has 1 aliphatic carbocycles. The van der Waals surface area contributed by atoms with Crippen LogP contribution in [0.4, 0.5) is 0 Å². The summed E-state index contributed by atoms with van der Waals surface area (Å²) in [6, 6.07) is 7.70. The maximum absolute atomic E-state index is 6.23. The Balaban J connectivity index is 2.05. The largest absolute Gasteiger partial charge is 0.326 e. The van der Waals surface area contributed by atoms with E-state index in [1.165, 1.54) is 25.7 Å². The Morgan fingerprint density at radius 3 is 2.19 bits per heavy atom. The predicted molar refractivity (Wildman–Crippen MR) is 68.3 cm³/mol. The van der Waals surface area contributed by atoms with Gasteiger partial charge < -0.3 is 11.5 Å². The Morgan fingerprint density at radius 1 is 1.06 bits per heavy atom. The van der Waals surface area contributed by atoms with Crippen LogP contribution in [-0.2, 0) is 0 Å². The summed E-state index contributed by atoms with van der Waals surface area (Å²) in [5, 5.41) is 0.741. The fourth-order valence-electron chi connectivity index (χ4n) is 2.54. The highest BCUT2D eigenvalue weighted by Gasteiger charge is 2.27. The van der Waals surface area contributed by atoms with Crippen molar-refractivity contribution in [1.29, 1.82) is 0 Å². The van der Waals surface area contributed by atoms with Crippen LogP contribution in [0, 0.1) is 5.92 Å². The molecule has 0 spiro atoms. The molecule has 1 aromatic rings. The molecule has 2 nitrogen and oxygen atoms in total. The number of nitrogens with two attached hydrogens (primary N) is 2. The summed E-state index contributed by atoms with van der Waals surface area (Å²) in [5.74, 6) is 0.589. The average Bonchev–Trinajstić information content (AvgIpc) is 2.81. The number of hydrogen-bond donors (Lipinski definition) is 2. The minimum Gasteiger partial charge on any atom is -0.326 e. The smallest absolute Gasteiger partial charge is 0.0451 e. The van der Waals surface area contributed by atoms with Gasteiger partial charge >= 0.3 is 0 Å². The van der Waals surface area contributed by atoms with E-state index in [4.69, 9.17) is 23.1 Å². The molecule has 0 unspecified atom stereocenters. The molecule has 16 heavy (non-hydrogen) atoms. The third-order valence-corrected chi connectivity index (χ3v) is 3.87. The van der Waals surface area contributed by atoms with Crippen molar-refractivity contribution >= 4 is 11.6 Å². The minimum atomic E-state index is -0.0691. The number of halogens is 1. The molecule has 0 radical (unpaired) electrons. The molecule has 1 fully saturated rings. The van der Waals surface area contributed by atoms with Crippen LogP contribution in [-0.4, -0.2) is 6.04 Å². The first-order valence-corrected chi connectivity index (χ1v) is 6.33. The Bertz CT molecular complexity index is 330. The molecule has 0 saturated heterocycles. The zero-order chi connectivity index (χ0) is 11.5. The van der Waals surface area contributed by atoms with Gasteiger partial charge in [-0.1, -0.05) is 36.6 Å². The second-order valence-electron chi connectivity index (χ2n) is 4.70. The van der Waals surface area contributed by atoms with Crippen LogP contribution >= 0.6 is 11.6 Å². The highest BCUT2D eigenvalue weighted by Crippen LogP contribution is 2.31. The summed E-state index contributed by atoms with van der Waals surface area (Å²) < 4.78 is 0. The van der Waals surface area contributed by atoms with Crippen LogP contribution in [0.1, 0.15) is 37.3 Å². The molecule has 0 heterocycles. The number of rotatable bonds is 3. The molecule has 0 aromatic heterocycles. The van der Waals surface area contributed by atoms with E-state index in [-0.39, 0.29) is 12.1 Å². The molecular weight excluding hydrogens is 220 g/mol. The van der Waals surface area contributed by atoms with Crippen molar-refractivity contribution in [2.45, 2.75) is 37.8 Å². The lowest BCUT2D eigenvalue weighted by Gasteiger charge is -2.25. The van der Waals surface area contributed by atoms with Crippen molar-refractivity contribution < 1.29 is 0 Å². The fraction of sp³-hybridized carbons (Fsp3) is 0.538. The lowest BCUT2D eigenvalue weighted by molar-refractivity contribution is 0.378. The van der Waals surface area contributed by atoms with Gasteiger partial charge in [-0.3, -0.25) is 0 Å². The molecule has 0 amide bonds. The Kier molecular flexibility index (Phi) is 3.85. The van der Waals surface area contributed by atoms with Gasteiger partial charge in [0, 0.05) is 17.1 Å². The monoisotopic (exact) mass is 238 g/mol. The van der Waals surface area contributed by atoms with Crippen molar-refractivity contribution in [3.63, 3.8) is 0 Å². The van der Waals surface area contributed by atoms with Crippen molar-refractivity contribution in [3.8, 4) is 0 Å². The highest BCUT2D eigenvalue weighted by molar-refractivity contribution is 6.30. The van der Waals surface area contributed by atoms with Gasteiger partial charge in [0.1, 0.15) is 0 Å². The van der Waals surface area contributed by atoms with Gasteiger partial charge in [-0.25, -0.2) is 0 Å². The second-order valence-corrected chi connectivity index (χ2v) is 5.14. The van der Waals surface area contributed by atoms with Crippen LogP contribution in [0.2, 0.25) is 5.02 Å². The molecule has 1 aromatic carbocycles. The first kappa shape index (κ1) is 11.9. The molecule has 2 rings (SSSR count). The van der Waals surface area contributed by atoms with Crippen LogP contribution < -0.4 is 11.5 Å².